The minimum atomic E-state index is 0.929. The third-order valence-electron chi connectivity index (χ3n) is 3.43. The first-order valence-corrected chi connectivity index (χ1v) is 6.16. The van der Waals surface area contributed by atoms with Gasteiger partial charge in [0, 0.05) is 20.1 Å². The number of anilines is 1. The molecule has 0 atom stereocenters. The number of fused-ring (bicyclic) bond motifs is 1. The molecule has 0 amide bonds. The van der Waals surface area contributed by atoms with Crippen LogP contribution in [0.25, 0.3) is 11.0 Å². The first kappa shape index (κ1) is 10.5. The van der Waals surface area contributed by atoms with Crippen molar-refractivity contribution < 1.29 is 0 Å². The molecular weight excluding hydrogens is 214 g/mol. The summed E-state index contributed by atoms with van der Waals surface area (Å²) in [6, 6.07) is 0. The average Bonchev–Trinajstić information content (AvgIpc) is 2.66. The number of piperidine rings is 1. The number of hydrogen-bond donors (Lipinski definition) is 0. The van der Waals surface area contributed by atoms with Gasteiger partial charge >= 0.3 is 0 Å². The molecule has 0 saturated carbocycles. The Hall–Kier alpha value is -1.65. The number of hydrogen-bond acceptors (Lipinski definition) is 4. The molecule has 3 heterocycles. The molecule has 0 bridgehead atoms. The van der Waals surface area contributed by atoms with Crippen LogP contribution < -0.4 is 4.90 Å². The van der Waals surface area contributed by atoms with Crippen molar-refractivity contribution in [3.05, 3.63) is 12.0 Å². The summed E-state index contributed by atoms with van der Waals surface area (Å²) >= 11 is 0. The van der Waals surface area contributed by atoms with Crippen molar-refractivity contribution >= 4 is 16.9 Å². The smallest absolute Gasteiger partial charge is 0.163 e. The molecule has 3 rings (SSSR count). The Balaban J connectivity index is 2.15. The van der Waals surface area contributed by atoms with Gasteiger partial charge in [-0.2, -0.15) is 5.10 Å². The van der Waals surface area contributed by atoms with Gasteiger partial charge in [0.2, 0.25) is 0 Å². The molecule has 0 radical (unpaired) electrons. The lowest BCUT2D eigenvalue weighted by Gasteiger charge is -2.28. The Morgan fingerprint density at radius 2 is 1.88 bits per heavy atom. The molecule has 5 heteroatoms. The highest BCUT2D eigenvalue weighted by molar-refractivity contribution is 5.89. The van der Waals surface area contributed by atoms with E-state index in [1.54, 1.807) is 6.33 Å². The van der Waals surface area contributed by atoms with Crippen LogP contribution in [0.4, 0.5) is 5.82 Å². The fraction of sp³-hybridized carbons (Fsp3) is 0.583. The fourth-order valence-corrected chi connectivity index (χ4v) is 2.60. The van der Waals surface area contributed by atoms with Gasteiger partial charge in [0.1, 0.15) is 12.1 Å². The topological polar surface area (TPSA) is 46.8 Å². The van der Waals surface area contributed by atoms with Crippen LogP contribution in [-0.2, 0) is 7.05 Å². The number of nitrogens with zero attached hydrogens (tertiary/aromatic N) is 5. The number of rotatable bonds is 1. The zero-order valence-electron chi connectivity index (χ0n) is 10.3. The van der Waals surface area contributed by atoms with Gasteiger partial charge in [-0.05, 0) is 26.2 Å². The van der Waals surface area contributed by atoms with E-state index in [0.717, 1.165) is 35.6 Å². The molecule has 0 aliphatic carbocycles. The van der Waals surface area contributed by atoms with Gasteiger partial charge in [0.15, 0.2) is 5.65 Å². The van der Waals surface area contributed by atoms with E-state index >= 15 is 0 Å². The normalized spacial score (nSPS) is 16.7. The van der Waals surface area contributed by atoms with Gasteiger partial charge in [0.25, 0.3) is 0 Å². The maximum Gasteiger partial charge on any atom is 0.163 e. The highest BCUT2D eigenvalue weighted by Crippen LogP contribution is 2.27. The summed E-state index contributed by atoms with van der Waals surface area (Å²) in [5.41, 5.74) is 1.95. The maximum absolute atomic E-state index is 4.47. The maximum atomic E-state index is 4.47. The summed E-state index contributed by atoms with van der Waals surface area (Å²) in [5.74, 6) is 1.06. The Labute approximate surface area is 100 Å². The van der Waals surface area contributed by atoms with Crippen LogP contribution in [0.15, 0.2) is 6.33 Å². The monoisotopic (exact) mass is 231 g/mol. The molecule has 17 heavy (non-hydrogen) atoms. The number of aromatic nitrogens is 4. The van der Waals surface area contributed by atoms with E-state index in [-0.39, 0.29) is 0 Å². The molecular formula is C12H17N5. The molecule has 5 nitrogen and oxygen atoms in total. The predicted octanol–water partition coefficient (Wildman–Crippen LogP) is 1.66. The second kappa shape index (κ2) is 3.98. The second-order valence-electron chi connectivity index (χ2n) is 4.65. The summed E-state index contributed by atoms with van der Waals surface area (Å²) in [4.78, 5) is 11.1. The van der Waals surface area contributed by atoms with Gasteiger partial charge < -0.3 is 4.90 Å². The molecule has 2 aromatic rings. The zero-order chi connectivity index (χ0) is 11.8. The van der Waals surface area contributed by atoms with Gasteiger partial charge in [-0.1, -0.05) is 0 Å². The Kier molecular flexibility index (Phi) is 2.46. The third-order valence-corrected chi connectivity index (χ3v) is 3.43. The van der Waals surface area contributed by atoms with Crippen molar-refractivity contribution in [2.24, 2.45) is 7.05 Å². The Morgan fingerprint density at radius 1 is 1.12 bits per heavy atom. The minimum Gasteiger partial charge on any atom is -0.356 e. The highest BCUT2D eigenvalue weighted by Gasteiger charge is 2.18. The predicted molar refractivity (Wildman–Crippen MR) is 67.1 cm³/mol. The SMILES string of the molecule is Cc1nn(C)c2ncnc(N3CCCCC3)c12. The first-order chi connectivity index (χ1) is 8.27. The fourth-order valence-electron chi connectivity index (χ4n) is 2.60. The van der Waals surface area contributed by atoms with E-state index in [1.165, 1.54) is 19.3 Å². The van der Waals surface area contributed by atoms with E-state index in [4.69, 9.17) is 0 Å². The second-order valence-corrected chi connectivity index (χ2v) is 4.65. The van der Waals surface area contributed by atoms with E-state index < -0.39 is 0 Å². The van der Waals surface area contributed by atoms with Crippen LogP contribution in [0.3, 0.4) is 0 Å². The van der Waals surface area contributed by atoms with E-state index in [0.29, 0.717) is 0 Å². The average molecular weight is 231 g/mol. The molecule has 1 aliphatic rings. The molecule has 90 valence electrons. The van der Waals surface area contributed by atoms with Crippen molar-refractivity contribution in [2.45, 2.75) is 26.2 Å². The molecule has 0 aromatic carbocycles. The lowest BCUT2D eigenvalue weighted by atomic mass is 10.1. The van der Waals surface area contributed by atoms with Crippen molar-refractivity contribution in [1.82, 2.24) is 19.7 Å². The lowest BCUT2D eigenvalue weighted by Crippen LogP contribution is -2.30. The van der Waals surface area contributed by atoms with Crippen LogP contribution in [-0.4, -0.2) is 32.8 Å². The van der Waals surface area contributed by atoms with Crippen LogP contribution in [0.5, 0.6) is 0 Å². The van der Waals surface area contributed by atoms with Crippen LogP contribution in [0.2, 0.25) is 0 Å². The summed E-state index contributed by atoms with van der Waals surface area (Å²) < 4.78 is 1.83. The van der Waals surface area contributed by atoms with Gasteiger partial charge in [0.05, 0.1) is 11.1 Å². The zero-order valence-corrected chi connectivity index (χ0v) is 10.3. The molecule has 1 aliphatic heterocycles. The van der Waals surface area contributed by atoms with Crippen LogP contribution >= 0.6 is 0 Å². The lowest BCUT2D eigenvalue weighted by molar-refractivity contribution is 0.574. The largest absolute Gasteiger partial charge is 0.356 e. The summed E-state index contributed by atoms with van der Waals surface area (Å²) in [6.45, 7) is 4.22. The molecule has 0 N–H and O–H groups in total. The quantitative estimate of drug-likeness (QED) is 0.749. The van der Waals surface area contributed by atoms with Crippen molar-refractivity contribution in [2.75, 3.05) is 18.0 Å². The van der Waals surface area contributed by atoms with Crippen molar-refractivity contribution in [3.63, 3.8) is 0 Å². The molecule has 2 aromatic heterocycles. The number of aryl methyl sites for hydroxylation is 2. The van der Waals surface area contributed by atoms with Crippen molar-refractivity contribution in [1.29, 1.82) is 0 Å². The van der Waals surface area contributed by atoms with E-state index in [2.05, 4.69) is 20.0 Å². The summed E-state index contributed by atoms with van der Waals surface area (Å²) in [5, 5.41) is 5.54. The van der Waals surface area contributed by atoms with Gasteiger partial charge in [-0.3, -0.25) is 4.68 Å². The molecule has 1 saturated heterocycles. The highest BCUT2D eigenvalue weighted by atomic mass is 15.3. The van der Waals surface area contributed by atoms with Crippen LogP contribution in [0.1, 0.15) is 25.0 Å². The molecule has 0 unspecified atom stereocenters. The van der Waals surface area contributed by atoms with E-state index in [9.17, 15) is 0 Å². The summed E-state index contributed by atoms with van der Waals surface area (Å²) in [6.07, 6.45) is 5.49. The van der Waals surface area contributed by atoms with Gasteiger partial charge in [-0.15, -0.1) is 0 Å². The van der Waals surface area contributed by atoms with Crippen molar-refractivity contribution in [3.8, 4) is 0 Å². The van der Waals surface area contributed by atoms with Crippen LogP contribution in [0, 0.1) is 6.92 Å². The Morgan fingerprint density at radius 3 is 2.65 bits per heavy atom. The van der Waals surface area contributed by atoms with Gasteiger partial charge in [-0.25, -0.2) is 9.97 Å². The molecule has 0 spiro atoms. The first-order valence-electron chi connectivity index (χ1n) is 6.16. The summed E-state index contributed by atoms with van der Waals surface area (Å²) in [7, 11) is 1.93. The Bertz CT molecular complexity index is 539. The standard InChI is InChI=1S/C12H17N5/c1-9-10-11(16(2)15-9)13-8-14-12(10)17-6-4-3-5-7-17/h8H,3-7H2,1-2H3. The minimum absolute atomic E-state index is 0.929. The molecule has 1 fully saturated rings. The third kappa shape index (κ3) is 1.66. The van der Waals surface area contributed by atoms with E-state index in [1.807, 2.05) is 18.7 Å².